The number of hydrogen-bond donors (Lipinski definition) is 2. The molecule has 1 unspecified atom stereocenters. The van der Waals surface area contributed by atoms with Gasteiger partial charge in [-0.05, 0) is 23.9 Å². The van der Waals surface area contributed by atoms with E-state index in [0.717, 1.165) is 22.0 Å². The second-order valence-corrected chi connectivity index (χ2v) is 5.95. The molecule has 4 nitrogen and oxygen atoms in total. The van der Waals surface area contributed by atoms with Gasteiger partial charge >= 0.3 is 0 Å². The van der Waals surface area contributed by atoms with Crippen LogP contribution in [0.15, 0.2) is 84.6 Å². The molecule has 0 aliphatic carbocycles. The SMILES string of the molecule is CC(NC(=O)/C(C#N)=C\Nc1cccc2ccccc12)c1ccccc1. The molecule has 3 aromatic carbocycles. The van der Waals surface area contributed by atoms with Crippen molar-refractivity contribution in [3.8, 4) is 6.07 Å². The summed E-state index contributed by atoms with van der Waals surface area (Å²) in [5.74, 6) is -0.406. The molecule has 0 aliphatic rings. The molecule has 0 fully saturated rings. The highest BCUT2D eigenvalue weighted by Gasteiger charge is 2.13. The summed E-state index contributed by atoms with van der Waals surface area (Å²) in [6.45, 7) is 1.89. The Morgan fingerprint density at radius 1 is 1.00 bits per heavy atom. The van der Waals surface area contributed by atoms with Crippen LogP contribution >= 0.6 is 0 Å². The lowest BCUT2D eigenvalue weighted by Gasteiger charge is -2.14. The minimum Gasteiger partial charge on any atom is -0.360 e. The zero-order valence-electron chi connectivity index (χ0n) is 14.4. The first kappa shape index (κ1) is 17.2. The van der Waals surface area contributed by atoms with Crippen molar-refractivity contribution in [1.29, 1.82) is 5.26 Å². The number of nitrogens with one attached hydrogen (secondary N) is 2. The molecule has 1 amide bonds. The number of hydrogen-bond acceptors (Lipinski definition) is 3. The zero-order chi connectivity index (χ0) is 18.4. The van der Waals surface area contributed by atoms with E-state index in [1.165, 1.54) is 6.20 Å². The molecule has 3 rings (SSSR count). The van der Waals surface area contributed by atoms with Crippen LogP contribution < -0.4 is 10.6 Å². The maximum atomic E-state index is 12.4. The molecular formula is C22H19N3O. The summed E-state index contributed by atoms with van der Waals surface area (Å²) in [5.41, 5.74) is 1.86. The fraction of sp³-hybridized carbons (Fsp3) is 0.0909. The second kappa shape index (κ2) is 8.00. The number of amides is 1. The average Bonchev–Trinajstić information content (AvgIpc) is 2.69. The number of carbonyl (C=O) groups excluding carboxylic acids is 1. The van der Waals surface area contributed by atoms with Crippen molar-refractivity contribution in [3.05, 3.63) is 90.1 Å². The number of carbonyl (C=O) groups is 1. The number of anilines is 1. The molecule has 26 heavy (non-hydrogen) atoms. The Kier molecular flexibility index (Phi) is 5.31. The van der Waals surface area contributed by atoms with E-state index in [0.29, 0.717) is 0 Å². The van der Waals surface area contributed by atoms with E-state index in [1.807, 2.05) is 85.8 Å². The smallest absolute Gasteiger partial charge is 0.263 e. The molecule has 0 saturated heterocycles. The quantitative estimate of drug-likeness (QED) is 0.529. The minimum atomic E-state index is -0.406. The lowest BCUT2D eigenvalue weighted by atomic mass is 10.1. The van der Waals surface area contributed by atoms with Crippen molar-refractivity contribution in [2.75, 3.05) is 5.32 Å². The molecule has 0 bridgehead atoms. The third kappa shape index (κ3) is 3.90. The monoisotopic (exact) mass is 341 g/mol. The van der Waals surface area contributed by atoms with E-state index in [-0.39, 0.29) is 11.6 Å². The molecule has 128 valence electrons. The zero-order valence-corrected chi connectivity index (χ0v) is 14.4. The van der Waals surface area contributed by atoms with E-state index in [4.69, 9.17) is 0 Å². The van der Waals surface area contributed by atoms with E-state index < -0.39 is 5.91 Å². The molecule has 3 aromatic rings. The summed E-state index contributed by atoms with van der Waals surface area (Å²) in [4.78, 5) is 12.4. The van der Waals surface area contributed by atoms with Crippen molar-refractivity contribution in [3.63, 3.8) is 0 Å². The van der Waals surface area contributed by atoms with Crippen molar-refractivity contribution in [1.82, 2.24) is 5.32 Å². The third-order valence-corrected chi connectivity index (χ3v) is 4.17. The topological polar surface area (TPSA) is 64.9 Å². The van der Waals surface area contributed by atoms with Crippen LogP contribution in [0.25, 0.3) is 10.8 Å². The highest BCUT2D eigenvalue weighted by molar-refractivity contribution is 5.99. The highest BCUT2D eigenvalue weighted by Crippen LogP contribution is 2.23. The van der Waals surface area contributed by atoms with Crippen molar-refractivity contribution in [2.24, 2.45) is 0 Å². The van der Waals surface area contributed by atoms with E-state index in [1.54, 1.807) is 0 Å². The maximum absolute atomic E-state index is 12.4. The highest BCUT2D eigenvalue weighted by atomic mass is 16.1. The van der Waals surface area contributed by atoms with Gasteiger partial charge in [-0.3, -0.25) is 4.79 Å². The number of nitrogens with zero attached hydrogens (tertiary/aromatic N) is 1. The van der Waals surface area contributed by atoms with Crippen LogP contribution in [0.4, 0.5) is 5.69 Å². The van der Waals surface area contributed by atoms with Gasteiger partial charge in [0.2, 0.25) is 0 Å². The van der Waals surface area contributed by atoms with Crippen LogP contribution in [0, 0.1) is 11.3 Å². The number of nitriles is 1. The maximum Gasteiger partial charge on any atom is 0.263 e. The fourth-order valence-corrected chi connectivity index (χ4v) is 2.75. The standard InChI is InChI=1S/C22H19N3O/c1-16(17-8-3-2-4-9-17)25-22(26)19(14-23)15-24-21-13-7-11-18-10-5-6-12-20(18)21/h2-13,15-16,24H,1H3,(H,25,26)/b19-15-. The van der Waals surface area contributed by atoms with Crippen molar-refractivity contribution < 1.29 is 4.79 Å². The minimum absolute atomic E-state index is 0.0284. The van der Waals surface area contributed by atoms with Gasteiger partial charge in [0.25, 0.3) is 5.91 Å². The van der Waals surface area contributed by atoms with Gasteiger partial charge < -0.3 is 10.6 Å². The normalized spacial score (nSPS) is 12.2. The molecule has 0 saturated carbocycles. The Morgan fingerprint density at radius 2 is 1.69 bits per heavy atom. The number of benzene rings is 3. The predicted molar refractivity (Wildman–Crippen MR) is 104 cm³/mol. The molecule has 0 heterocycles. The summed E-state index contributed by atoms with van der Waals surface area (Å²) in [6.07, 6.45) is 1.45. The summed E-state index contributed by atoms with van der Waals surface area (Å²) >= 11 is 0. The average molecular weight is 341 g/mol. The molecule has 0 aliphatic heterocycles. The number of rotatable bonds is 5. The van der Waals surface area contributed by atoms with E-state index >= 15 is 0 Å². The summed E-state index contributed by atoms with van der Waals surface area (Å²) in [5, 5.41) is 17.4. The van der Waals surface area contributed by atoms with Crippen LogP contribution in [0.1, 0.15) is 18.5 Å². The third-order valence-electron chi connectivity index (χ3n) is 4.17. The molecule has 4 heteroatoms. The van der Waals surface area contributed by atoms with Gasteiger partial charge in [0.15, 0.2) is 0 Å². The van der Waals surface area contributed by atoms with Crippen molar-refractivity contribution >= 4 is 22.4 Å². The van der Waals surface area contributed by atoms with Crippen LogP contribution in [0.5, 0.6) is 0 Å². The van der Waals surface area contributed by atoms with Gasteiger partial charge in [-0.1, -0.05) is 66.7 Å². The van der Waals surface area contributed by atoms with Crippen LogP contribution in [0.2, 0.25) is 0 Å². The van der Waals surface area contributed by atoms with Crippen LogP contribution in [-0.4, -0.2) is 5.91 Å². The van der Waals surface area contributed by atoms with Gasteiger partial charge in [0.05, 0.1) is 6.04 Å². The summed E-state index contributed by atoms with van der Waals surface area (Å²) in [6, 6.07) is 25.2. The van der Waals surface area contributed by atoms with Crippen LogP contribution in [-0.2, 0) is 4.79 Å². The van der Waals surface area contributed by atoms with Gasteiger partial charge in [-0.25, -0.2) is 0 Å². The van der Waals surface area contributed by atoms with Gasteiger partial charge in [-0.15, -0.1) is 0 Å². The Morgan fingerprint density at radius 3 is 2.46 bits per heavy atom. The molecule has 0 aromatic heterocycles. The summed E-state index contributed by atoms with van der Waals surface area (Å²) < 4.78 is 0. The molecule has 0 spiro atoms. The molecular weight excluding hydrogens is 322 g/mol. The first-order valence-corrected chi connectivity index (χ1v) is 8.39. The Hall–Kier alpha value is -3.58. The van der Waals surface area contributed by atoms with Gasteiger partial charge in [-0.2, -0.15) is 5.26 Å². The fourth-order valence-electron chi connectivity index (χ4n) is 2.75. The van der Waals surface area contributed by atoms with Crippen molar-refractivity contribution in [2.45, 2.75) is 13.0 Å². The molecule has 1 atom stereocenters. The number of fused-ring (bicyclic) bond motifs is 1. The molecule has 2 N–H and O–H groups in total. The predicted octanol–water partition coefficient (Wildman–Crippen LogP) is 4.54. The van der Waals surface area contributed by atoms with E-state index in [2.05, 4.69) is 10.6 Å². The second-order valence-electron chi connectivity index (χ2n) is 5.95. The lowest BCUT2D eigenvalue weighted by Crippen LogP contribution is -2.28. The van der Waals surface area contributed by atoms with Gasteiger partial charge in [0.1, 0.15) is 11.6 Å². The molecule has 0 radical (unpaired) electrons. The lowest BCUT2D eigenvalue weighted by molar-refractivity contribution is -0.117. The Balaban J connectivity index is 1.75. The Labute approximate surface area is 152 Å². The first-order chi connectivity index (χ1) is 12.7. The van der Waals surface area contributed by atoms with Gasteiger partial charge in [0, 0.05) is 17.3 Å². The summed E-state index contributed by atoms with van der Waals surface area (Å²) in [7, 11) is 0. The van der Waals surface area contributed by atoms with E-state index in [9.17, 15) is 10.1 Å². The first-order valence-electron chi connectivity index (χ1n) is 8.39. The Bertz CT molecular complexity index is 982. The largest absolute Gasteiger partial charge is 0.360 e. The van der Waals surface area contributed by atoms with Crippen LogP contribution in [0.3, 0.4) is 0 Å².